The van der Waals surface area contributed by atoms with Gasteiger partial charge in [0.2, 0.25) is 5.91 Å². The van der Waals surface area contributed by atoms with E-state index in [4.69, 9.17) is 0 Å². The summed E-state index contributed by atoms with van der Waals surface area (Å²) in [4.78, 5) is 37.1. The van der Waals surface area contributed by atoms with Gasteiger partial charge in [0.05, 0.1) is 0 Å². The number of urea groups is 1. The van der Waals surface area contributed by atoms with Crippen LogP contribution in [0, 0.1) is 0 Å². The fraction of sp³-hybridized carbons (Fsp3) is 0.438. The molecule has 0 radical (unpaired) electrons. The number of amides is 4. The summed E-state index contributed by atoms with van der Waals surface area (Å²) in [5.41, 5.74) is 1.29. The molecule has 1 aliphatic heterocycles. The molecule has 0 spiro atoms. The summed E-state index contributed by atoms with van der Waals surface area (Å²) in [5.74, 6) is -0.800. The predicted molar refractivity (Wildman–Crippen MR) is 78.5 cm³/mol. The van der Waals surface area contributed by atoms with E-state index in [9.17, 15) is 14.4 Å². The zero-order valence-electron chi connectivity index (χ0n) is 12.2. The van der Waals surface area contributed by atoms with Crippen molar-refractivity contribution in [1.82, 2.24) is 9.80 Å². The maximum absolute atomic E-state index is 11.9. The minimum atomic E-state index is -0.505. The summed E-state index contributed by atoms with van der Waals surface area (Å²) in [6, 6.07) is 9.68. The van der Waals surface area contributed by atoms with Gasteiger partial charge in [-0.3, -0.25) is 9.59 Å². The third kappa shape index (κ3) is 3.90. The maximum Gasteiger partial charge on any atom is 0.333 e. The van der Waals surface area contributed by atoms with Gasteiger partial charge in [-0.2, -0.15) is 4.90 Å². The smallest absolute Gasteiger partial charge is 0.318 e. The minimum Gasteiger partial charge on any atom is -0.318 e. The van der Waals surface area contributed by atoms with Crippen molar-refractivity contribution in [2.75, 3.05) is 13.6 Å². The van der Waals surface area contributed by atoms with E-state index in [-0.39, 0.29) is 18.9 Å². The van der Waals surface area contributed by atoms with Gasteiger partial charge in [-0.1, -0.05) is 36.8 Å². The Morgan fingerprint density at radius 1 is 1.10 bits per heavy atom. The molecule has 21 heavy (non-hydrogen) atoms. The van der Waals surface area contributed by atoms with Crippen molar-refractivity contribution < 1.29 is 14.4 Å². The molecule has 0 unspecified atom stereocenters. The molecule has 5 heteroatoms. The van der Waals surface area contributed by atoms with Gasteiger partial charge >= 0.3 is 6.03 Å². The highest BCUT2D eigenvalue weighted by atomic mass is 16.2. The van der Waals surface area contributed by atoms with Gasteiger partial charge in [-0.05, 0) is 24.8 Å². The molecular weight excluding hydrogens is 268 g/mol. The SMILES string of the molecule is CN1CC(=O)N(C(=O)CCCCCc2ccccc2)C1=O. The molecule has 0 atom stereocenters. The Labute approximate surface area is 124 Å². The van der Waals surface area contributed by atoms with Crippen LogP contribution < -0.4 is 0 Å². The summed E-state index contributed by atoms with van der Waals surface area (Å²) in [6.07, 6.45) is 3.84. The lowest BCUT2D eigenvalue weighted by Gasteiger charge is -2.12. The first kappa shape index (κ1) is 15.2. The Morgan fingerprint density at radius 2 is 1.81 bits per heavy atom. The fourth-order valence-electron chi connectivity index (χ4n) is 2.40. The van der Waals surface area contributed by atoms with Crippen LogP contribution in [0.25, 0.3) is 0 Å². The van der Waals surface area contributed by atoms with Gasteiger partial charge in [-0.15, -0.1) is 0 Å². The van der Waals surface area contributed by atoms with E-state index in [1.807, 2.05) is 18.2 Å². The molecule has 0 aliphatic carbocycles. The first-order chi connectivity index (χ1) is 10.1. The van der Waals surface area contributed by atoms with Crippen molar-refractivity contribution in [1.29, 1.82) is 0 Å². The van der Waals surface area contributed by atoms with Crippen molar-refractivity contribution in [2.24, 2.45) is 0 Å². The molecule has 112 valence electrons. The number of hydrogen-bond donors (Lipinski definition) is 0. The highest BCUT2D eigenvalue weighted by Crippen LogP contribution is 2.13. The van der Waals surface area contributed by atoms with Crippen LogP contribution in [0.1, 0.15) is 31.2 Å². The number of unbranched alkanes of at least 4 members (excludes halogenated alkanes) is 2. The normalized spacial score (nSPS) is 14.9. The largest absolute Gasteiger partial charge is 0.333 e. The quantitative estimate of drug-likeness (QED) is 0.595. The minimum absolute atomic E-state index is 0.00141. The van der Waals surface area contributed by atoms with Crippen LogP contribution in [0.2, 0.25) is 0 Å². The fourth-order valence-corrected chi connectivity index (χ4v) is 2.40. The Morgan fingerprint density at radius 3 is 2.43 bits per heavy atom. The van der Waals surface area contributed by atoms with Crippen molar-refractivity contribution in [3.63, 3.8) is 0 Å². The molecule has 1 aromatic carbocycles. The van der Waals surface area contributed by atoms with Crippen LogP contribution in [-0.2, 0) is 16.0 Å². The van der Waals surface area contributed by atoms with E-state index in [1.54, 1.807) is 0 Å². The summed E-state index contributed by atoms with van der Waals surface area (Å²) < 4.78 is 0. The first-order valence-electron chi connectivity index (χ1n) is 7.24. The summed E-state index contributed by atoms with van der Waals surface area (Å²) in [5, 5.41) is 0. The standard InChI is InChI=1S/C16H20N2O3/c1-17-12-15(20)18(16(17)21)14(19)11-7-3-6-10-13-8-4-2-5-9-13/h2,4-5,8-9H,3,6-7,10-12H2,1H3. The number of carbonyl (C=O) groups is 3. The van der Waals surface area contributed by atoms with Crippen LogP contribution in [0.4, 0.5) is 4.79 Å². The average molecular weight is 288 g/mol. The Bertz CT molecular complexity index is 528. The van der Waals surface area contributed by atoms with E-state index >= 15 is 0 Å². The second-order valence-electron chi connectivity index (χ2n) is 5.31. The van der Waals surface area contributed by atoms with E-state index in [2.05, 4.69) is 12.1 Å². The molecule has 1 saturated heterocycles. The molecule has 5 nitrogen and oxygen atoms in total. The van der Waals surface area contributed by atoms with Gasteiger partial charge in [0.15, 0.2) is 0 Å². The summed E-state index contributed by atoms with van der Waals surface area (Å²) >= 11 is 0. The van der Waals surface area contributed by atoms with Crippen LogP contribution in [0.5, 0.6) is 0 Å². The van der Waals surface area contributed by atoms with E-state index in [1.165, 1.54) is 17.5 Å². The van der Waals surface area contributed by atoms with E-state index in [0.717, 1.165) is 24.2 Å². The van der Waals surface area contributed by atoms with E-state index in [0.29, 0.717) is 6.42 Å². The number of imide groups is 3. The molecule has 1 aromatic rings. The highest BCUT2D eigenvalue weighted by molar-refractivity contribution is 6.14. The topological polar surface area (TPSA) is 57.7 Å². The molecule has 2 rings (SSSR count). The van der Waals surface area contributed by atoms with Crippen molar-refractivity contribution in [3.8, 4) is 0 Å². The lowest BCUT2D eigenvalue weighted by atomic mass is 10.1. The molecule has 0 saturated carbocycles. The maximum atomic E-state index is 11.9. The van der Waals surface area contributed by atoms with Crippen LogP contribution in [-0.4, -0.2) is 41.2 Å². The van der Waals surface area contributed by atoms with Gasteiger partial charge < -0.3 is 4.90 Å². The molecular formula is C16H20N2O3. The van der Waals surface area contributed by atoms with Gasteiger partial charge in [-0.25, -0.2) is 4.79 Å². The Kier molecular flexibility index (Phi) is 5.09. The monoisotopic (exact) mass is 288 g/mol. The van der Waals surface area contributed by atoms with Crippen molar-refractivity contribution in [2.45, 2.75) is 32.1 Å². The third-order valence-electron chi connectivity index (χ3n) is 3.59. The van der Waals surface area contributed by atoms with Crippen molar-refractivity contribution in [3.05, 3.63) is 35.9 Å². The third-order valence-corrected chi connectivity index (χ3v) is 3.59. The number of nitrogens with zero attached hydrogens (tertiary/aromatic N) is 2. The summed E-state index contributed by atoms with van der Waals surface area (Å²) in [6.45, 7) is -0.00141. The zero-order chi connectivity index (χ0) is 15.2. The zero-order valence-corrected chi connectivity index (χ0v) is 12.2. The highest BCUT2D eigenvalue weighted by Gasteiger charge is 2.37. The molecule has 1 heterocycles. The second kappa shape index (κ2) is 7.02. The van der Waals surface area contributed by atoms with Gasteiger partial charge in [0.25, 0.3) is 5.91 Å². The second-order valence-corrected chi connectivity index (χ2v) is 5.31. The average Bonchev–Trinajstić information content (AvgIpc) is 2.73. The molecule has 1 aliphatic rings. The first-order valence-corrected chi connectivity index (χ1v) is 7.24. The molecule has 0 aromatic heterocycles. The lowest BCUT2D eigenvalue weighted by molar-refractivity contribution is -0.138. The number of hydrogen-bond acceptors (Lipinski definition) is 3. The Balaban J connectivity index is 1.68. The van der Waals surface area contributed by atoms with Crippen LogP contribution in [0.15, 0.2) is 30.3 Å². The molecule has 1 fully saturated rings. The Hall–Kier alpha value is -2.17. The number of carbonyl (C=O) groups excluding carboxylic acids is 3. The summed E-state index contributed by atoms with van der Waals surface area (Å²) in [7, 11) is 1.52. The van der Waals surface area contributed by atoms with Crippen LogP contribution >= 0.6 is 0 Å². The van der Waals surface area contributed by atoms with Gasteiger partial charge in [0, 0.05) is 13.5 Å². The molecule has 4 amide bonds. The number of benzene rings is 1. The number of aryl methyl sites for hydroxylation is 1. The van der Waals surface area contributed by atoms with Gasteiger partial charge in [0.1, 0.15) is 6.54 Å². The molecule has 0 bridgehead atoms. The molecule has 0 N–H and O–H groups in total. The lowest BCUT2D eigenvalue weighted by Crippen LogP contribution is -2.37. The number of rotatable bonds is 6. The number of likely N-dealkylation sites (N-methyl/N-ethyl adjacent to an activating group) is 1. The van der Waals surface area contributed by atoms with E-state index < -0.39 is 11.9 Å². The van der Waals surface area contributed by atoms with Crippen LogP contribution in [0.3, 0.4) is 0 Å². The predicted octanol–water partition coefficient (Wildman–Crippen LogP) is 2.21. The van der Waals surface area contributed by atoms with Crippen molar-refractivity contribution >= 4 is 17.8 Å².